The fourth-order valence-electron chi connectivity index (χ4n) is 2.28. The Bertz CT molecular complexity index is 1000. The third-order valence-electron chi connectivity index (χ3n) is 3.61. The van der Waals surface area contributed by atoms with Crippen molar-refractivity contribution in [1.29, 1.82) is 0 Å². The quantitative estimate of drug-likeness (QED) is 0.509. The highest BCUT2D eigenvalue weighted by molar-refractivity contribution is 7.99. The molecule has 4 heterocycles. The average molecular weight is 344 g/mol. The molecule has 0 saturated heterocycles. The van der Waals surface area contributed by atoms with E-state index in [1.54, 1.807) is 23.9 Å². The van der Waals surface area contributed by atoms with Crippen molar-refractivity contribution >= 4 is 33.3 Å². The third kappa shape index (κ3) is 2.43. The summed E-state index contributed by atoms with van der Waals surface area (Å²) in [7, 11) is 0. The first kappa shape index (κ1) is 14.4. The number of furan rings is 1. The number of nitrogens with zero attached hydrogens (tertiary/aromatic N) is 4. The summed E-state index contributed by atoms with van der Waals surface area (Å²) in [5.74, 6) is 1.20. The van der Waals surface area contributed by atoms with Crippen LogP contribution < -0.4 is 0 Å². The molecule has 0 unspecified atom stereocenters. The summed E-state index contributed by atoms with van der Waals surface area (Å²) >= 11 is 3.02. The molecule has 0 saturated carbocycles. The lowest BCUT2D eigenvalue weighted by molar-refractivity contribution is 0.463. The summed E-state index contributed by atoms with van der Waals surface area (Å²) in [5, 5.41) is 10.5. The molecule has 23 heavy (non-hydrogen) atoms. The number of thiophene rings is 1. The molecule has 0 aliphatic carbocycles. The van der Waals surface area contributed by atoms with Crippen LogP contribution in [0.1, 0.15) is 16.2 Å². The zero-order valence-electron chi connectivity index (χ0n) is 12.7. The van der Waals surface area contributed by atoms with E-state index in [-0.39, 0.29) is 0 Å². The van der Waals surface area contributed by atoms with Gasteiger partial charge in [-0.25, -0.2) is 9.97 Å². The molecule has 0 aliphatic rings. The van der Waals surface area contributed by atoms with E-state index in [0.717, 1.165) is 26.6 Å². The highest BCUT2D eigenvalue weighted by atomic mass is 32.2. The standard InChI is InChI=1S/C15H12N4O2S2/c1-7-9(3)22-13-11(7)14(17-6-16-13)23-15-19-18-12(21-15)10-4-5-20-8(10)2/h4-6H,1-3H3. The van der Waals surface area contributed by atoms with Crippen molar-refractivity contribution in [2.75, 3.05) is 0 Å². The van der Waals surface area contributed by atoms with E-state index >= 15 is 0 Å². The van der Waals surface area contributed by atoms with E-state index in [4.69, 9.17) is 8.83 Å². The molecule has 0 spiro atoms. The molecule has 4 rings (SSSR count). The molecule has 4 aromatic rings. The molecule has 4 aromatic heterocycles. The lowest BCUT2D eigenvalue weighted by atomic mass is 10.2. The van der Waals surface area contributed by atoms with Crippen LogP contribution in [0.2, 0.25) is 0 Å². The Kier molecular flexibility index (Phi) is 3.42. The van der Waals surface area contributed by atoms with Gasteiger partial charge in [-0.3, -0.25) is 0 Å². The molecule has 116 valence electrons. The van der Waals surface area contributed by atoms with Crippen LogP contribution in [0.15, 0.2) is 37.7 Å². The van der Waals surface area contributed by atoms with E-state index < -0.39 is 0 Å². The van der Waals surface area contributed by atoms with Gasteiger partial charge < -0.3 is 8.83 Å². The van der Waals surface area contributed by atoms with Crippen LogP contribution in [-0.4, -0.2) is 20.2 Å². The molecule has 0 aromatic carbocycles. The molecule has 0 bridgehead atoms. The van der Waals surface area contributed by atoms with Crippen molar-refractivity contribution in [1.82, 2.24) is 20.2 Å². The zero-order chi connectivity index (χ0) is 16.0. The smallest absolute Gasteiger partial charge is 0.283 e. The molecule has 6 nitrogen and oxygen atoms in total. The largest absolute Gasteiger partial charge is 0.469 e. The lowest BCUT2D eigenvalue weighted by Crippen LogP contribution is -1.85. The summed E-state index contributed by atoms with van der Waals surface area (Å²) in [6.07, 6.45) is 3.17. The monoisotopic (exact) mass is 344 g/mol. The fourth-order valence-corrected chi connectivity index (χ4v) is 4.16. The fraction of sp³-hybridized carbons (Fsp3) is 0.200. The van der Waals surface area contributed by atoms with Crippen molar-refractivity contribution in [3.8, 4) is 11.5 Å². The van der Waals surface area contributed by atoms with Crippen LogP contribution in [0, 0.1) is 20.8 Å². The third-order valence-corrected chi connectivity index (χ3v) is 5.57. The van der Waals surface area contributed by atoms with Gasteiger partial charge in [-0.15, -0.1) is 21.5 Å². The molecule has 0 aliphatic heterocycles. The van der Waals surface area contributed by atoms with Gasteiger partial charge in [-0.1, -0.05) is 0 Å². The Morgan fingerprint density at radius 3 is 2.78 bits per heavy atom. The van der Waals surface area contributed by atoms with Crippen molar-refractivity contribution in [3.05, 3.63) is 34.9 Å². The van der Waals surface area contributed by atoms with Crippen LogP contribution in [-0.2, 0) is 0 Å². The molecule has 0 atom stereocenters. The summed E-state index contributed by atoms with van der Waals surface area (Å²) in [5.41, 5.74) is 2.00. The number of hydrogen-bond donors (Lipinski definition) is 0. The minimum Gasteiger partial charge on any atom is -0.469 e. The predicted octanol–water partition coefficient (Wildman–Crippen LogP) is 4.41. The van der Waals surface area contributed by atoms with Crippen molar-refractivity contribution in [2.24, 2.45) is 0 Å². The van der Waals surface area contributed by atoms with Gasteiger partial charge >= 0.3 is 0 Å². The van der Waals surface area contributed by atoms with Crippen LogP contribution in [0.3, 0.4) is 0 Å². The van der Waals surface area contributed by atoms with E-state index in [2.05, 4.69) is 34.0 Å². The minimum absolute atomic E-state index is 0.447. The van der Waals surface area contributed by atoms with Gasteiger partial charge in [0.2, 0.25) is 0 Å². The van der Waals surface area contributed by atoms with Gasteiger partial charge in [0, 0.05) is 10.3 Å². The SMILES string of the molecule is Cc1occc1-c1nnc(Sc2ncnc3sc(C)c(C)c23)o1. The number of aromatic nitrogens is 4. The summed E-state index contributed by atoms with van der Waals surface area (Å²) in [4.78, 5) is 10.9. The van der Waals surface area contributed by atoms with Gasteiger partial charge in [0.05, 0.1) is 11.8 Å². The van der Waals surface area contributed by atoms with Crippen molar-refractivity contribution in [3.63, 3.8) is 0 Å². The second-order valence-electron chi connectivity index (χ2n) is 5.01. The number of fused-ring (bicyclic) bond motifs is 1. The van der Waals surface area contributed by atoms with Gasteiger partial charge in [-0.05, 0) is 44.2 Å². The molecule has 0 N–H and O–H groups in total. The number of aryl methyl sites for hydroxylation is 3. The van der Waals surface area contributed by atoms with Crippen LogP contribution in [0.4, 0.5) is 0 Å². The normalized spacial score (nSPS) is 11.4. The topological polar surface area (TPSA) is 77.8 Å². The Balaban J connectivity index is 1.72. The van der Waals surface area contributed by atoms with Gasteiger partial charge in [-0.2, -0.15) is 0 Å². The first-order valence-corrected chi connectivity index (χ1v) is 8.53. The predicted molar refractivity (Wildman–Crippen MR) is 87.7 cm³/mol. The Morgan fingerprint density at radius 2 is 2.00 bits per heavy atom. The molecule has 0 fully saturated rings. The maximum Gasteiger partial charge on any atom is 0.283 e. The summed E-state index contributed by atoms with van der Waals surface area (Å²) < 4.78 is 11.0. The van der Waals surface area contributed by atoms with Gasteiger partial charge in [0.25, 0.3) is 11.1 Å². The summed E-state index contributed by atoms with van der Waals surface area (Å²) in [6, 6.07) is 1.81. The van der Waals surface area contributed by atoms with Crippen LogP contribution in [0.5, 0.6) is 0 Å². The maximum absolute atomic E-state index is 5.73. The van der Waals surface area contributed by atoms with E-state index in [1.165, 1.54) is 22.2 Å². The molecule has 8 heteroatoms. The first-order valence-electron chi connectivity index (χ1n) is 6.90. The Hall–Kier alpha value is -2.19. The molecular weight excluding hydrogens is 332 g/mol. The summed E-state index contributed by atoms with van der Waals surface area (Å²) in [6.45, 7) is 6.02. The molecular formula is C15H12N4O2S2. The highest BCUT2D eigenvalue weighted by Crippen LogP contribution is 2.37. The maximum atomic E-state index is 5.73. The molecule has 0 radical (unpaired) electrons. The second kappa shape index (κ2) is 5.47. The van der Waals surface area contributed by atoms with Gasteiger partial charge in [0.15, 0.2) is 0 Å². The van der Waals surface area contributed by atoms with Crippen LogP contribution in [0.25, 0.3) is 21.7 Å². The molecule has 0 amide bonds. The number of rotatable bonds is 3. The van der Waals surface area contributed by atoms with Gasteiger partial charge in [0.1, 0.15) is 21.9 Å². The van der Waals surface area contributed by atoms with E-state index in [1.807, 2.05) is 13.0 Å². The highest BCUT2D eigenvalue weighted by Gasteiger charge is 2.17. The van der Waals surface area contributed by atoms with Crippen molar-refractivity contribution < 1.29 is 8.83 Å². The van der Waals surface area contributed by atoms with E-state index in [9.17, 15) is 0 Å². The van der Waals surface area contributed by atoms with Crippen LogP contribution >= 0.6 is 23.1 Å². The minimum atomic E-state index is 0.447. The Morgan fingerprint density at radius 1 is 1.13 bits per heavy atom. The zero-order valence-corrected chi connectivity index (χ0v) is 14.3. The lowest BCUT2D eigenvalue weighted by Gasteiger charge is -1.99. The van der Waals surface area contributed by atoms with Crippen molar-refractivity contribution in [2.45, 2.75) is 31.0 Å². The Labute approximate surface area is 140 Å². The second-order valence-corrected chi connectivity index (χ2v) is 7.15. The first-order chi connectivity index (χ1) is 11.1. The van der Waals surface area contributed by atoms with E-state index in [0.29, 0.717) is 11.1 Å². The number of hydrogen-bond acceptors (Lipinski definition) is 8. The average Bonchev–Trinajstić information content (AvgIpc) is 3.21.